The smallest absolute Gasteiger partial charge is 0.270 e. The summed E-state index contributed by atoms with van der Waals surface area (Å²) in [5.74, 6) is -0.518. The van der Waals surface area contributed by atoms with Gasteiger partial charge in [0.05, 0.1) is 10.2 Å². The van der Waals surface area contributed by atoms with E-state index in [0.29, 0.717) is 15.8 Å². The van der Waals surface area contributed by atoms with Gasteiger partial charge in [0.15, 0.2) is 0 Å². The fourth-order valence-corrected chi connectivity index (χ4v) is 1.78. The summed E-state index contributed by atoms with van der Waals surface area (Å²) >= 11 is 0.898. The summed E-state index contributed by atoms with van der Waals surface area (Å²) in [6, 6.07) is 4.65. The lowest BCUT2D eigenvalue weighted by atomic mass is 10.2. The first kappa shape index (κ1) is 8.12. The van der Waals surface area contributed by atoms with Crippen LogP contribution in [0.4, 0.5) is 4.39 Å². The number of benzene rings is 1. The highest BCUT2D eigenvalue weighted by atomic mass is 32.1. The molecule has 3 nitrogen and oxygen atoms in total. The number of primary amides is 1. The second kappa shape index (κ2) is 2.77. The summed E-state index contributed by atoms with van der Waals surface area (Å²) in [6.45, 7) is 0. The molecule has 0 atom stereocenters. The summed E-state index contributed by atoms with van der Waals surface area (Å²) in [6.07, 6.45) is 0. The summed E-state index contributed by atoms with van der Waals surface area (Å²) in [7, 11) is 0. The fraction of sp³-hybridized carbons (Fsp3) is 0. The molecule has 0 unspecified atom stereocenters. The van der Waals surface area contributed by atoms with Gasteiger partial charge < -0.3 is 5.73 Å². The monoisotopic (exact) mass is 196 g/mol. The van der Waals surface area contributed by atoms with Crippen LogP contribution in [-0.4, -0.2) is 10.9 Å². The molecule has 1 aromatic carbocycles. The average molecular weight is 196 g/mol. The molecule has 0 spiro atoms. The Hall–Kier alpha value is -1.49. The average Bonchev–Trinajstić information content (AvgIpc) is 2.42. The van der Waals surface area contributed by atoms with Crippen molar-refractivity contribution in [1.29, 1.82) is 0 Å². The van der Waals surface area contributed by atoms with E-state index in [2.05, 4.69) is 4.98 Å². The maximum Gasteiger partial charge on any atom is 0.270 e. The molecule has 0 aliphatic carbocycles. The number of rotatable bonds is 1. The third kappa shape index (κ3) is 1.38. The van der Waals surface area contributed by atoms with E-state index in [1.807, 2.05) is 0 Å². The van der Waals surface area contributed by atoms with Gasteiger partial charge in [0.25, 0.3) is 5.26 Å². The van der Waals surface area contributed by atoms with E-state index in [1.54, 1.807) is 12.1 Å². The molecule has 0 saturated carbocycles. The van der Waals surface area contributed by atoms with Crippen LogP contribution in [0.5, 0.6) is 0 Å². The minimum Gasteiger partial charge on any atom is -0.366 e. The molecule has 0 fully saturated rings. The summed E-state index contributed by atoms with van der Waals surface area (Å²) in [4.78, 5) is 14.4. The van der Waals surface area contributed by atoms with Gasteiger partial charge in [-0.2, -0.15) is 4.39 Å². The highest BCUT2D eigenvalue weighted by Crippen LogP contribution is 2.21. The largest absolute Gasteiger partial charge is 0.366 e. The van der Waals surface area contributed by atoms with Crippen LogP contribution < -0.4 is 5.73 Å². The molecule has 2 N–H and O–H groups in total. The molecule has 0 aliphatic heterocycles. The van der Waals surface area contributed by atoms with E-state index in [0.717, 1.165) is 11.3 Å². The van der Waals surface area contributed by atoms with Gasteiger partial charge in [-0.1, -0.05) is 11.3 Å². The Morgan fingerprint density at radius 1 is 1.54 bits per heavy atom. The second-order valence-corrected chi connectivity index (χ2v) is 3.49. The van der Waals surface area contributed by atoms with Crippen LogP contribution >= 0.6 is 11.3 Å². The molecular formula is C8H5FN2OS. The van der Waals surface area contributed by atoms with Gasteiger partial charge in [0, 0.05) is 5.56 Å². The molecule has 2 aromatic rings. The van der Waals surface area contributed by atoms with Crippen molar-refractivity contribution < 1.29 is 9.18 Å². The maximum absolute atomic E-state index is 12.6. The number of thiazole rings is 1. The van der Waals surface area contributed by atoms with Crippen molar-refractivity contribution in [2.75, 3.05) is 0 Å². The standard InChI is InChI=1S/C8H5FN2OS/c9-8-11-5-2-1-4(7(10)12)3-6(5)13-8/h1-3H,(H2,10,12). The van der Waals surface area contributed by atoms with E-state index in [9.17, 15) is 9.18 Å². The van der Waals surface area contributed by atoms with E-state index in [-0.39, 0.29) is 0 Å². The van der Waals surface area contributed by atoms with Crippen molar-refractivity contribution in [2.24, 2.45) is 5.73 Å². The predicted octanol–water partition coefficient (Wildman–Crippen LogP) is 1.53. The number of hydrogen-bond acceptors (Lipinski definition) is 3. The Labute approximate surface area is 77.0 Å². The number of carbonyl (C=O) groups is 1. The van der Waals surface area contributed by atoms with E-state index in [1.165, 1.54) is 6.07 Å². The zero-order valence-electron chi connectivity index (χ0n) is 6.45. The molecule has 1 heterocycles. The van der Waals surface area contributed by atoms with E-state index >= 15 is 0 Å². The van der Waals surface area contributed by atoms with Crippen LogP contribution in [0.1, 0.15) is 10.4 Å². The number of aromatic nitrogens is 1. The molecule has 13 heavy (non-hydrogen) atoms. The van der Waals surface area contributed by atoms with Gasteiger partial charge >= 0.3 is 0 Å². The second-order valence-electron chi connectivity index (χ2n) is 2.51. The third-order valence-corrected chi connectivity index (χ3v) is 2.45. The Morgan fingerprint density at radius 2 is 2.31 bits per heavy atom. The number of carbonyl (C=O) groups excluding carboxylic acids is 1. The van der Waals surface area contributed by atoms with Crippen molar-refractivity contribution in [3.63, 3.8) is 0 Å². The highest BCUT2D eigenvalue weighted by Gasteiger charge is 2.05. The van der Waals surface area contributed by atoms with Crippen molar-refractivity contribution in [3.8, 4) is 0 Å². The Kier molecular flexibility index (Phi) is 1.73. The molecule has 0 aliphatic rings. The number of hydrogen-bond donors (Lipinski definition) is 1. The summed E-state index contributed by atoms with van der Waals surface area (Å²) < 4.78 is 13.3. The first-order valence-corrected chi connectivity index (χ1v) is 4.34. The molecule has 1 amide bonds. The van der Waals surface area contributed by atoms with Crippen molar-refractivity contribution in [3.05, 3.63) is 29.0 Å². The number of nitrogens with zero attached hydrogens (tertiary/aromatic N) is 1. The number of amides is 1. The number of nitrogens with two attached hydrogens (primary N) is 1. The quantitative estimate of drug-likeness (QED) is 0.752. The topological polar surface area (TPSA) is 56.0 Å². The highest BCUT2D eigenvalue weighted by molar-refractivity contribution is 7.17. The molecular weight excluding hydrogens is 191 g/mol. The fourth-order valence-electron chi connectivity index (χ4n) is 1.05. The van der Waals surface area contributed by atoms with Gasteiger partial charge in [-0.3, -0.25) is 4.79 Å². The van der Waals surface area contributed by atoms with E-state index in [4.69, 9.17) is 5.73 Å². The van der Waals surface area contributed by atoms with Crippen LogP contribution in [0.2, 0.25) is 0 Å². The Balaban J connectivity index is 2.67. The first-order valence-electron chi connectivity index (χ1n) is 3.53. The zero-order valence-corrected chi connectivity index (χ0v) is 7.27. The number of fused-ring (bicyclic) bond motifs is 1. The molecule has 0 radical (unpaired) electrons. The lowest BCUT2D eigenvalue weighted by Crippen LogP contribution is -2.10. The summed E-state index contributed by atoms with van der Waals surface area (Å²) in [5.41, 5.74) is 5.98. The normalized spacial score (nSPS) is 10.5. The Bertz CT molecular complexity index is 480. The van der Waals surface area contributed by atoms with Crippen LogP contribution in [0.25, 0.3) is 10.2 Å². The maximum atomic E-state index is 12.6. The minimum atomic E-state index is -0.518. The summed E-state index contributed by atoms with van der Waals surface area (Å²) in [5, 5.41) is -0.503. The van der Waals surface area contributed by atoms with Crippen LogP contribution in [0, 0.1) is 5.26 Å². The molecule has 1 aromatic heterocycles. The van der Waals surface area contributed by atoms with Gasteiger partial charge in [-0.15, -0.1) is 0 Å². The molecule has 0 saturated heterocycles. The van der Waals surface area contributed by atoms with Gasteiger partial charge in [-0.25, -0.2) is 4.98 Å². The number of halogens is 1. The minimum absolute atomic E-state index is 0.371. The third-order valence-electron chi connectivity index (χ3n) is 1.65. The van der Waals surface area contributed by atoms with Gasteiger partial charge in [0.1, 0.15) is 0 Å². The van der Waals surface area contributed by atoms with Crippen molar-refractivity contribution >= 4 is 27.5 Å². The van der Waals surface area contributed by atoms with Crippen molar-refractivity contribution in [1.82, 2.24) is 4.98 Å². The van der Waals surface area contributed by atoms with Crippen LogP contribution in [0.3, 0.4) is 0 Å². The molecule has 0 bridgehead atoms. The molecule has 2 rings (SSSR count). The first-order chi connectivity index (χ1) is 6.16. The Morgan fingerprint density at radius 3 is 3.00 bits per heavy atom. The molecule has 66 valence electrons. The van der Waals surface area contributed by atoms with Crippen LogP contribution in [-0.2, 0) is 0 Å². The zero-order chi connectivity index (χ0) is 9.42. The van der Waals surface area contributed by atoms with Gasteiger partial charge in [-0.05, 0) is 18.2 Å². The van der Waals surface area contributed by atoms with Gasteiger partial charge in [0.2, 0.25) is 5.91 Å². The predicted molar refractivity (Wildman–Crippen MR) is 48.1 cm³/mol. The SMILES string of the molecule is NC(=O)c1ccc2nc(F)sc2c1. The molecule has 5 heteroatoms. The van der Waals surface area contributed by atoms with Crippen LogP contribution in [0.15, 0.2) is 18.2 Å². The lowest BCUT2D eigenvalue weighted by Gasteiger charge is -1.92. The van der Waals surface area contributed by atoms with Crippen molar-refractivity contribution in [2.45, 2.75) is 0 Å². The lowest BCUT2D eigenvalue weighted by molar-refractivity contribution is 0.100. The van der Waals surface area contributed by atoms with E-state index < -0.39 is 11.2 Å².